The van der Waals surface area contributed by atoms with Crippen molar-refractivity contribution >= 4 is 36.7 Å². The van der Waals surface area contributed by atoms with E-state index in [1.165, 1.54) is 30.3 Å². The van der Waals surface area contributed by atoms with E-state index in [2.05, 4.69) is 24.2 Å². The summed E-state index contributed by atoms with van der Waals surface area (Å²) in [4.78, 5) is 83.5. The molecule has 0 N–H and O–H groups in total. The quantitative estimate of drug-likeness (QED) is 0.0940. The average molecular weight is 612 g/mol. The van der Waals surface area contributed by atoms with Crippen LogP contribution >= 0.6 is 0 Å². The molecule has 1 saturated heterocycles. The van der Waals surface area contributed by atoms with Crippen LogP contribution in [-0.4, -0.2) is 106 Å². The molecule has 0 bridgehead atoms. The van der Waals surface area contributed by atoms with Crippen LogP contribution in [0.1, 0.15) is 29.2 Å². The lowest BCUT2D eigenvalue weighted by Crippen LogP contribution is -2.55. The Morgan fingerprint density at radius 3 is 2.19 bits per heavy atom. The first-order chi connectivity index (χ1) is 20.5. The molecule has 1 fully saturated rings. The second-order valence-corrected chi connectivity index (χ2v) is 8.91. The maximum atomic E-state index is 13.0. The number of carbonyl (C=O) groups is 6. The van der Waals surface area contributed by atoms with Crippen molar-refractivity contribution in [1.82, 2.24) is 24.0 Å². The van der Waals surface area contributed by atoms with E-state index < -0.39 is 62.2 Å². The highest BCUT2D eigenvalue weighted by Gasteiger charge is 2.58. The molecular formula is C24H29N5O14. The molecular weight excluding hydrogens is 582 g/mol. The van der Waals surface area contributed by atoms with Gasteiger partial charge >= 0.3 is 36.0 Å². The van der Waals surface area contributed by atoms with Gasteiger partial charge in [-0.15, -0.1) is 0 Å². The highest BCUT2D eigenvalue weighted by atomic mass is 16.8. The molecule has 19 nitrogen and oxygen atoms in total. The summed E-state index contributed by atoms with van der Waals surface area (Å²) in [7, 11) is 5.05. The van der Waals surface area contributed by atoms with Crippen LogP contribution in [0.25, 0.3) is 0 Å². The fraction of sp³-hybridized carbons (Fsp3) is 0.500. The minimum absolute atomic E-state index is 0.157. The fourth-order valence-corrected chi connectivity index (χ4v) is 3.54. The van der Waals surface area contributed by atoms with Gasteiger partial charge < -0.3 is 51.9 Å². The van der Waals surface area contributed by atoms with Crippen LogP contribution in [-0.2, 0) is 73.0 Å². The molecule has 1 aliphatic heterocycles. The lowest BCUT2D eigenvalue weighted by molar-refractivity contribution is -0.241. The van der Waals surface area contributed by atoms with E-state index in [4.69, 9.17) is 23.7 Å². The number of ether oxygens (including phenoxy) is 8. The molecule has 234 valence electrons. The van der Waals surface area contributed by atoms with E-state index in [1.54, 1.807) is 17.8 Å². The molecule has 2 aromatic rings. The summed E-state index contributed by atoms with van der Waals surface area (Å²) in [6, 6.07) is 0. The van der Waals surface area contributed by atoms with Gasteiger partial charge in [0.2, 0.25) is 19.4 Å². The Labute approximate surface area is 243 Å². The maximum Gasteiger partial charge on any atom is 0.512 e. The van der Waals surface area contributed by atoms with Crippen molar-refractivity contribution in [3.8, 4) is 0 Å². The van der Waals surface area contributed by atoms with E-state index in [1.807, 2.05) is 11.9 Å². The van der Waals surface area contributed by atoms with Gasteiger partial charge in [0.15, 0.2) is 0 Å². The molecule has 3 rings (SSSR count). The summed E-state index contributed by atoms with van der Waals surface area (Å²) in [5.41, 5.74) is 0.387. The molecule has 43 heavy (non-hydrogen) atoms. The number of esters is 3. The van der Waals surface area contributed by atoms with E-state index in [-0.39, 0.29) is 12.4 Å². The summed E-state index contributed by atoms with van der Waals surface area (Å²) in [6.07, 6.45) is 3.05. The number of rotatable bonds is 13. The predicted octanol–water partition coefficient (Wildman–Crippen LogP) is -0.218. The van der Waals surface area contributed by atoms with Crippen LogP contribution in [0.3, 0.4) is 0 Å². The lowest BCUT2D eigenvalue weighted by atomic mass is 10.1. The second kappa shape index (κ2) is 15.1. The molecule has 19 heteroatoms. The third kappa shape index (κ3) is 9.15. The lowest BCUT2D eigenvalue weighted by Gasteiger charge is -2.30. The van der Waals surface area contributed by atoms with Gasteiger partial charge in [-0.25, -0.2) is 33.9 Å². The Balaban J connectivity index is 1.65. The number of hydrogen-bond acceptors (Lipinski definition) is 17. The first-order valence-corrected chi connectivity index (χ1v) is 12.5. The van der Waals surface area contributed by atoms with Crippen molar-refractivity contribution in [2.75, 3.05) is 33.7 Å². The zero-order valence-corrected chi connectivity index (χ0v) is 23.4. The molecule has 0 amide bonds. The van der Waals surface area contributed by atoms with Crippen LogP contribution < -0.4 is 0 Å². The van der Waals surface area contributed by atoms with Crippen molar-refractivity contribution in [3.63, 3.8) is 0 Å². The number of nitrogens with zero attached hydrogens (tertiary/aromatic N) is 5. The zero-order chi connectivity index (χ0) is 31.4. The monoisotopic (exact) mass is 611 g/mol. The first kappa shape index (κ1) is 32.3. The van der Waals surface area contributed by atoms with Gasteiger partial charge in [-0.3, -0.25) is 4.79 Å². The molecule has 1 unspecified atom stereocenters. The van der Waals surface area contributed by atoms with Crippen LogP contribution in [0.4, 0.5) is 9.59 Å². The molecule has 1 atom stereocenters. The van der Waals surface area contributed by atoms with Crippen LogP contribution in [0.5, 0.6) is 0 Å². The third-order valence-corrected chi connectivity index (χ3v) is 5.75. The third-order valence-electron chi connectivity index (χ3n) is 5.75. The van der Waals surface area contributed by atoms with Gasteiger partial charge in [-0.1, -0.05) is 0 Å². The van der Waals surface area contributed by atoms with Crippen molar-refractivity contribution in [2.24, 2.45) is 14.1 Å². The Kier molecular flexibility index (Phi) is 11.4. The summed E-state index contributed by atoms with van der Waals surface area (Å²) in [6.45, 7) is -1.85. The number of hydrogen-bond donors (Lipinski definition) is 0. The predicted molar refractivity (Wildman–Crippen MR) is 133 cm³/mol. The van der Waals surface area contributed by atoms with Crippen LogP contribution in [0.2, 0.25) is 0 Å². The summed E-state index contributed by atoms with van der Waals surface area (Å²) >= 11 is 0. The van der Waals surface area contributed by atoms with Gasteiger partial charge in [0, 0.05) is 45.8 Å². The summed E-state index contributed by atoms with van der Waals surface area (Å²) in [5, 5.41) is 0. The molecule has 0 spiro atoms. The Bertz CT molecular complexity index is 1300. The normalized spacial score (nSPS) is 14.9. The number of piperidine rings is 1. The van der Waals surface area contributed by atoms with Gasteiger partial charge in [0.05, 0.1) is 12.0 Å². The Hall–Kier alpha value is -5.20. The number of carbonyl (C=O) groups excluding carboxylic acids is 6. The van der Waals surface area contributed by atoms with Crippen molar-refractivity contribution in [3.05, 3.63) is 36.4 Å². The number of likely N-dealkylation sites (tertiary alicyclic amines) is 1. The molecule has 0 radical (unpaired) electrons. The minimum atomic E-state index is -3.54. The Morgan fingerprint density at radius 2 is 1.60 bits per heavy atom. The van der Waals surface area contributed by atoms with Gasteiger partial charge in [-0.05, 0) is 19.9 Å². The van der Waals surface area contributed by atoms with E-state index in [9.17, 15) is 28.8 Å². The topological polar surface area (TPSA) is 215 Å². The Morgan fingerprint density at radius 1 is 0.930 bits per heavy atom. The van der Waals surface area contributed by atoms with Gasteiger partial charge in [-0.2, -0.15) is 0 Å². The summed E-state index contributed by atoms with van der Waals surface area (Å²) in [5.74, 6) is -8.43. The maximum absolute atomic E-state index is 13.0. The van der Waals surface area contributed by atoms with Gasteiger partial charge in [0.25, 0.3) is 6.47 Å². The van der Waals surface area contributed by atoms with E-state index >= 15 is 0 Å². The fourth-order valence-electron chi connectivity index (χ4n) is 3.54. The first-order valence-electron chi connectivity index (χ1n) is 12.5. The standard InChI is InChI=1S/C24H29N5O14/c1-27-7-4-17(5-8-27)42-23(35)43-24(41-13-30,20(32)38-14-37-19(31)18-25-6-9-29(18)3)21(33)39-15-40-22(34)36-11-16-10-28(2)12-26-16/h6,9-10,12-13,17H,4-5,7-8,11,14-15H2,1-3H3. The molecule has 0 saturated carbocycles. The average Bonchev–Trinajstić information content (AvgIpc) is 3.60. The number of imidazole rings is 2. The second-order valence-electron chi connectivity index (χ2n) is 8.91. The molecule has 3 heterocycles. The molecule has 0 aliphatic carbocycles. The summed E-state index contributed by atoms with van der Waals surface area (Å²) < 4.78 is 41.0. The number of aryl methyl sites for hydroxylation is 2. The van der Waals surface area contributed by atoms with Crippen LogP contribution in [0, 0.1) is 0 Å². The smallest absolute Gasteiger partial charge is 0.431 e. The largest absolute Gasteiger partial charge is 0.512 e. The highest BCUT2D eigenvalue weighted by molar-refractivity contribution is 6.04. The molecule has 1 aliphatic rings. The van der Waals surface area contributed by atoms with E-state index in [0.29, 0.717) is 31.6 Å². The van der Waals surface area contributed by atoms with Crippen LogP contribution in [0.15, 0.2) is 24.9 Å². The SMILES string of the molecule is CN1CCC(OC(=O)OC(OC=O)(C(=O)OCOC(=O)OCc2cn(C)cn2)C(=O)OCOC(=O)c2nccn2C)CC1. The number of aromatic nitrogens is 4. The highest BCUT2D eigenvalue weighted by Crippen LogP contribution is 2.21. The van der Waals surface area contributed by atoms with Crippen molar-refractivity contribution in [2.45, 2.75) is 31.3 Å². The van der Waals surface area contributed by atoms with Crippen molar-refractivity contribution < 1.29 is 66.7 Å². The minimum Gasteiger partial charge on any atom is -0.431 e. The zero-order valence-electron chi connectivity index (χ0n) is 23.4. The van der Waals surface area contributed by atoms with Gasteiger partial charge in [0.1, 0.15) is 12.7 Å². The molecule has 0 aromatic carbocycles. The molecule has 2 aromatic heterocycles. The van der Waals surface area contributed by atoms with Crippen molar-refractivity contribution in [1.29, 1.82) is 0 Å². The van der Waals surface area contributed by atoms with E-state index in [0.717, 1.165) is 0 Å².